The molecule has 0 saturated carbocycles. The van der Waals surface area contributed by atoms with Gasteiger partial charge in [0.2, 0.25) is 0 Å². The lowest BCUT2D eigenvalue weighted by Crippen LogP contribution is -1.62. The minimum absolute atomic E-state index is 1.32. The molecule has 0 amide bonds. The first-order valence-electron chi connectivity index (χ1n) is 5.58. The number of benzene rings is 1. The molecule has 0 radical (unpaired) electrons. The SMILES string of the molecule is C#N.CC.CCCC.Cc1ccccc1. The van der Waals surface area contributed by atoms with Crippen LogP contribution in [-0.2, 0) is 0 Å². The predicted molar refractivity (Wildman–Crippen MR) is 69.8 cm³/mol. The molecule has 0 spiro atoms. The van der Waals surface area contributed by atoms with Crippen LogP contribution in [0.4, 0.5) is 0 Å². The molecule has 0 aromatic heterocycles. The van der Waals surface area contributed by atoms with Crippen LogP contribution in [-0.4, -0.2) is 0 Å². The van der Waals surface area contributed by atoms with Crippen molar-refractivity contribution < 1.29 is 0 Å². The molecular weight excluding hydrogens is 182 g/mol. The van der Waals surface area contributed by atoms with Crippen LogP contribution in [0.5, 0.6) is 0 Å². The molecule has 0 fully saturated rings. The molecule has 0 bridgehead atoms. The summed E-state index contributed by atoms with van der Waals surface area (Å²) in [5, 5.41) is 6.50. The molecule has 0 N–H and O–H groups in total. The second kappa shape index (κ2) is 23.0. The minimum atomic E-state index is 1.32. The van der Waals surface area contributed by atoms with Gasteiger partial charge < -0.3 is 0 Å². The normalized spacial score (nSPS) is 6.60. The Morgan fingerprint density at radius 2 is 1.27 bits per heavy atom. The zero-order chi connectivity index (χ0) is 12.5. The first-order valence-corrected chi connectivity index (χ1v) is 5.58. The first kappa shape index (κ1) is 19.3. The van der Waals surface area contributed by atoms with Crippen LogP contribution in [0, 0.1) is 18.8 Å². The Labute approximate surface area is 95.8 Å². The van der Waals surface area contributed by atoms with Crippen LogP contribution < -0.4 is 0 Å². The van der Waals surface area contributed by atoms with Crippen LogP contribution in [0.25, 0.3) is 0 Å². The Morgan fingerprint density at radius 1 is 0.933 bits per heavy atom. The van der Waals surface area contributed by atoms with Crippen molar-refractivity contribution in [2.24, 2.45) is 0 Å². The second-order valence-corrected chi connectivity index (χ2v) is 2.65. The average molecular weight is 207 g/mol. The van der Waals surface area contributed by atoms with Gasteiger partial charge in [-0.05, 0) is 6.92 Å². The van der Waals surface area contributed by atoms with E-state index < -0.39 is 0 Å². The van der Waals surface area contributed by atoms with Crippen molar-refractivity contribution in [1.82, 2.24) is 0 Å². The highest BCUT2D eigenvalue weighted by Crippen LogP contribution is 1.92. The van der Waals surface area contributed by atoms with Crippen molar-refractivity contribution >= 4 is 0 Å². The molecule has 0 aliphatic heterocycles. The van der Waals surface area contributed by atoms with Crippen molar-refractivity contribution in [3.05, 3.63) is 35.9 Å². The van der Waals surface area contributed by atoms with E-state index in [1.54, 1.807) is 0 Å². The summed E-state index contributed by atoms with van der Waals surface area (Å²) in [4.78, 5) is 0. The minimum Gasteiger partial charge on any atom is -0.202 e. The second-order valence-electron chi connectivity index (χ2n) is 2.65. The molecule has 1 heteroatoms. The summed E-state index contributed by atoms with van der Waals surface area (Å²) in [6, 6.07) is 10.3. The number of hydrogen-bond acceptors (Lipinski definition) is 1. The van der Waals surface area contributed by atoms with Crippen LogP contribution in [0.3, 0.4) is 0 Å². The Balaban J connectivity index is -0.000000156. The summed E-state index contributed by atoms with van der Waals surface area (Å²) >= 11 is 0. The largest absolute Gasteiger partial charge is 0.202 e. The van der Waals surface area contributed by atoms with Crippen LogP contribution in [0.1, 0.15) is 46.1 Å². The van der Waals surface area contributed by atoms with Gasteiger partial charge in [0.05, 0.1) is 0 Å². The zero-order valence-electron chi connectivity index (χ0n) is 10.8. The molecule has 15 heavy (non-hydrogen) atoms. The van der Waals surface area contributed by atoms with Crippen LogP contribution in [0.15, 0.2) is 30.3 Å². The Bertz CT molecular complexity index is 187. The smallest absolute Gasteiger partial charge is 0.0462 e. The third-order valence-electron chi connectivity index (χ3n) is 1.44. The van der Waals surface area contributed by atoms with Gasteiger partial charge >= 0.3 is 0 Å². The predicted octanol–water partition coefficient (Wildman–Crippen LogP) is 4.97. The van der Waals surface area contributed by atoms with Crippen molar-refractivity contribution in [3.63, 3.8) is 0 Å². The van der Waals surface area contributed by atoms with Crippen LogP contribution >= 0.6 is 0 Å². The van der Waals surface area contributed by atoms with E-state index in [2.05, 4.69) is 39.5 Å². The third kappa shape index (κ3) is 24.5. The maximum Gasteiger partial charge on any atom is 0.0462 e. The van der Waals surface area contributed by atoms with E-state index in [0.29, 0.717) is 0 Å². The number of nitrogens with zero attached hydrogens (tertiary/aromatic N) is 1. The molecule has 0 aliphatic carbocycles. The van der Waals surface area contributed by atoms with Gasteiger partial charge in [0, 0.05) is 6.57 Å². The molecule has 1 aromatic carbocycles. The van der Waals surface area contributed by atoms with Gasteiger partial charge in [-0.3, -0.25) is 0 Å². The summed E-state index contributed by atoms with van der Waals surface area (Å²) in [6.45, 7) is 13.9. The van der Waals surface area contributed by atoms with Gasteiger partial charge in [-0.15, -0.1) is 0 Å². The first-order chi connectivity index (χ1) is 7.31. The van der Waals surface area contributed by atoms with Gasteiger partial charge in [0.15, 0.2) is 0 Å². The summed E-state index contributed by atoms with van der Waals surface area (Å²) < 4.78 is 0. The number of rotatable bonds is 1. The summed E-state index contributed by atoms with van der Waals surface area (Å²) in [5.74, 6) is 0. The highest BCUT2D eigenvalue weighted by atomic mass is 14.2. The topological polar surface area (TPSA) is 23.8 Å². The van der Waals surface area contributed by atoms with E-state index in [4.69, 9.17) is 5.26 Å². The van der Waals surface area contributed by atoms with Gasteiger partial charge in [-0.25, -0.2) is 5.26 Å². The van der Waals surface area contributed by atoms with Crippen molar-refractivity contribution in [2.45, 2.75) is 47.5 Å². The molecule has 1 aromatic rings. The maximum absolute atomic E-state index is 6.50. The van der Waals surface area contributed by atoms with Gasteiger partial charge in [0.25, 0.3) is 0 Å². The average Bonchev–Trinajstić information content (AvgIpc) is 2.35. The van der Waals surface area contributed by atoms with E-state index in [1.807, 2.05) is 32.0 Å². The fourth-order valence-corrected chi connectivity index (χ4v) is 0.534. The summed E-state index contributed by atoms with van der Waals surface area (Å²) in [5.41, 5.74) is 1.32. The lowest BCUT2D eigenvalue weighted by atomic mass is 10.2. The fourth-order valence-electron chi connectivity index (χ4n) is 0.534. The van der Waals surface area contributed by atoms with Gasteiger partial charge in [0.1, 0.15) is 0 Å². The number of unbranched alkanes of at least 4 members (excludes halogenated alkanes) is 1. The molecular formula is C14H25N. The van der Waals surface area contributed by atoms with E-state index in [9.17, 15) is 0 Å². The van der Waals surface area contributed by atoms with E-state index in [0.717, 1.165) is 0 Å². The standard InChI is InChI=1S/C7H8.C4H10.C2H6.CHN/c1-7-5-3-2-4-6-7;1-3-4-2;2*1-2/h2-6H,1H3;3-4H2,1-2H3;1-2H3;1H. The highest BCUT2D eigenvalue weighted by Gasteiger charge is 1.72. The van der Waals surface area contributed by atoms with Crippen molar-refractivity contribution in [3.8, 4) is 6.57 Å². The molecule has 1 nitrogen and oxygen atoms in total. The molecule has 0 saturated heterocycles. The van der Waals surface area contributed by atoms with E-state index >= 15 is 0 Å². The zero-order valence-corrected chi connectivity index (χ0v) is 10.8. The van der Waals surface area contributed by atoms with Gasteiger partial charge in [-0.1, -0.05) is 76.4 Å². The molecule has 0 unspecified atom stereocenters. The monoisotopic (exact) mass is 207 g/mol. The number of hydrogen-bond donors (Lipinski definition) is 0. The van der Waals surface area contributed by atoms with Crippen molar-refractivity contribution in [1.29, 1.82) is 5.26 Å². The van der Waals surface area contributed by atoms with E-state index in [1.165, 1.54) is 18.4 Å². The summed E-state index contributed by atoms with van der Waals surface area (Å²) in [6.07, 6.45) is 2.64. The number of nitriles is 1. The highest BCUT2D eigenvalue weighted by molar-refractivity contribution is 5.11. The quantitative estimate of drug-likeness (QED) is 0.638. The lowest BCUT2D eigenvalue weighted by molar-refractivity contribution is 0.886. The molecule has 0 aliphatic rings. The molecule has 1 rings (SSSR count). The molecule has 0 atom stereocenters. The molecule has 86 valence electrons. The molecule has 0 heterocycles. The Kier molecular flexibility index (Phi) is 29.6. The van der Waals surface area contributed by atoms with Gasteiger partial charge in [-0.2, -0.15) is 0 Å². The van der Waals surface area contributed by atoms with Crippen LogP contribution in [0.2, 0.25) is 0 Å². The fraction of sp³-hybridized carbons (Fsp3) is 0.500. The van der Waals surface area contributed by atoms with Crippen molar-refractivity contribution in [2.75, 3.05) is 0 Å². The summed E-state index contributed by atoms with van der Waals surface area (Å²) in [7, 11) is 0. The maximum atomic E-state index is 6.50. The number of aryl methyl sites for hydroxylation is 1. The van der Waals surface area contributed by atoms with E-state index in [-0.39, 0.29) is 0 Å². The Hall–Kier alpha value is -1.29. The Morgan fingerprint density at radius 3 is 1.40 bits per heavy atom. The third-order valence-corrected chi connectivity index (χ3v) is 1.44. The lowest BCUT2D eigenvalue weighted by Gasteiger charge is -1.82.